The van der Waals surface area contributed by atoms with Gasteiger partial charge in [0.25, 0.3) is 0 Å². The van der Waals surface area contributed by atoms with Gasteiger partial charge in [-0.25, -0.2) is 24.4 Å². The molecule has 3 aromatic carbocycles. The van der Waals surface area contributed by atoms with Gasteiger partial charge in [-0.2, -0.15) is 9.97 Å². The first-order valence-corrected chi connectivity index (χ1v) is 21.6. The van der Waals surface area contributed by atoms with Crippen LogP contribution in [0.15, 0.2) is 113 Å². The van der Waals surface area contributed by atoms with Crippen molar-refractivity contribution in [3.63, 3.8) is 0 Å². The van der Waals surface area contributed by atoms with Crippen LogP contribution in [0.3, 0.4) is 0 Å². The number of benzene rings is 3. The summed E-state index contributed by atoms with van der Waals surface area (Å²) in [6, 6.07) is 24.7. The van der Waals surface area contributed by atoms with Gasteiger partial charge in [0.15, 0.2) is 35.5 Å². The molecule has 7 aromatic rings. The van der Waals surface area contributed by atoms with Crippen LogP contribution < -0.4 is 21.2 Å². The number of anilines is 2. The number of aromatic nitrogens is 6. The lowest BCUT2D eigenvalue weighted by molar-refractivity contribution is -0.109. The number of nitrogens with zero attached hydrogens (tertiary/aromatic N) is 6. The Morgan fingerprint density at radius 2 is 1.17 bits per heavy atom. The number of aliphatic hydroxyl groups excluding tert-OH is 2. The zero-order chi connectivity index (χ0) is 46.9. The van der Waals surface area contributed by atoms with Gasteiger partial charge in [-0.05, 0) is 50.2 Å². The molecular weight excluding hydrogens is 901 g/mol. The molecule has 2 saturated heterocycles. The predicted octanol–water partition coefficient (Wildman–Crippen LogP) is 2.47. The summed E-state index contributed by atoms with van der Waals surface area (Å²) in [5, 5.41) is 29.6. The van der Waals surface area contributed by atoms with Gasteiger partial charge in [-0.15, -0.1) is 0 Å². The van der Waals surface area contributed by atoms with E-state index in [0.29, 0.717) is 9.40 Å². The van der Waals surface area contributed by atoms with Crippen LogP contribution in [0.25, 0.3) is 20.7 Å². The minimum atomic E-state index is -1.85. The Kier molecular flexibility index (Phi) is 12.8. The van der Waals surface area contributed by atoms with Crippen molar-refractivity contribution in [2.75, 3.05) is 24.7 Å². The second-order valence-electron chi connectivity index (χ2n) is 15.3. The highest BCUT2D eigenvalue weighted by Crippen LogP contribution is 2.45. The molecule has 2 fully saturated rings. The maximum atomic E-state index is 13.5. The quantitative estimate of drug-likeness (QED) is 0.0971. The number of carbonyl (C=O) groups excluding carboxylic acids is 3. The average Bonchev–Trinajstić information content (AvgIpc) is 3.97. The van der Waals surface area contributed by atoms with Crippen LogP contribution in [0.1, 0.15) is 57.4 Å². The van der Waals surface area contributed by atoms with Crippen molar-refractivity contribution in [1.29, 1.82) is 0 Å². The van der Waals surface area contributed by atoms with Gasteiger partial charge in [-0.1, -0.05) is 77.3 Å². The number of rotatable bonds is 10. The lowest BCUT2D eigenvalue weighted by Gasteiger charge is -2.34. The molecule has 7 N–H and O–H groups in total. The highest BCUT2D eigenvalue weighted by Gasteiger charge is 2.61. The molecule has 4 aromatic heterocycles. The van der Waals surface area contributed by atoms with Gasteiger partial charge in [-0.3, -0.25) is 18.7 Å². The Balaban J connectivity index is 0.000000235. The van der Waals surface area contributed by atoms with Crippen molar-refractivity contribution < 1.29 is 53.4 Å². The van der Waals surface area contributed by atoms with E-state index in [1.54, 1.807) is 91.0 Å². The summed E-state index contributed by atoms with van der Waals surface area (Å²) in [6.45, 7) is 1.92. The van der Waals surface area contributed by atoms with E-state index >= 15 is 0 Å². The van der Waals surface area contributed by atoms with Crippen LogP contribution in [0.5, 0.6) is 0 Å². The van der Waals surface area contributed by atoms with Crippen molar-refractivity contribution >= 4 is 73.2 Å². The fourth-order valence-electron chi connectivity index (χ4n) is 7.51. The smallest absolute Gasteiger partial charge is 0.338 e. The van der Waals surface area contributed by atoms with Crippen LogP contribution in [0, 0.1) is 0 Å². The van der Waals surface area contributed by atoms with Crippen molar-refractivity contribution in [1.82, 2.24) is 29.1 Å². The number of ether oxygens (including phenoxy) is 5. The van der Waals surface area contributed by atoms with E-state index < -0.39 is 88.9 Å². The molecule has 2 aliphatic rings. The molecule has 66 heavy (non-hydrogen) atoms. The highest BCUT2D eigenvalue weighted by molar-refractivity contribution is 7.16. The molecular formula is C43H40N8O13S2. The van der Waals surface area contributed by atoms with E-state index in [2.05, 4.69) is 19.9 Å². The molecule has 0 saturated carbocycles. The van der Waals surface area contributed by atoms with E-state index in [9.17, 15) is 39.3 Å². The van der Waals surface area contributed by atoms with E-state index in [1.165, 1.54) is 30.8 Å². The maximum absolute atomic E-state index is 13.5. The lowest BCUT2D eigenvalue weighted by Crippen LogP contribution is -2.51. The summed E-state index contributed by atoms with van der Waals surface area (Å²) in [5.41, 5.74) is 8.83. The molecule has 0 amide bonds. The van der Waals surface area contributed by atoms with E-state index in [1.807, 2.05) is 0 Å². The maximum Gasteiger partial charge on any atom is 0.338 e. The predicted molar refractivity (Wildman–Crippen MR) is 236 cm³/mol. The van der Waals surface area contributed by atoms with E-state index in [-0.39, 0.29) is 39.9 Å². The Labute approximate surface area is 380 Å². The third kappa shape index (κ3) is 8.74. The summed E-state index contributed by atoms with van der Waals surface area (Å²) >= 11 is 1.71. The molecule has 23 heteroatoms. The van der Waals surface area contributed by atoms with Crippen molar-refractivity contribution in [3.8, 4) is 0 Å². The number of nitrogens with two attached hydrogens (primary N) is 2. The van der Waals surface area contributed by atoms with Crippen LogP contribution in [0.4, 0.5) is 11.9 Å². The number of thiazole rings is 2. The van der Waals surface area contributed by atoms with Crippen LogP contribution in [-0.4, -0.2) is 111 Å². The normalized spacial score (nSPS) is 24.7. The molecule has 0 unspecified atom stereocenters. The lowest BCUT2D eigenvalue weighted by atomic mass is 9.95. The average molecular weight is 941 g/mol. The molecule has 0 spiro atoms. The van der Waals surface area contributed by atoms with Gasteiger partial charge < -0.3 is 50.5 Å². The minimum Gasteiger partial charge on any atom is -0.459 e. The Morgan fingerprint density at radius 3 is 1.65 bits per heavy atom. The summed E-state index contributed by atoms with van der Waals surface area (Å²) in [5.74, 6) is -2.30. The van der Waals surface area contributed by atoms with Gasteiger partial charge >= 0.3 is 27.7 Å². The monoisotopic (exact) mass is 940 g/mol. The summed E-state index contributed by atoms with van der Waals surface area (Å²) < 4.78 is 32.7. The molecule has 342 valence electrons. The van der Waals surface area contributed by atoms with Crippen LogP contribution in [0.2, 0.25) is 0 Å². The number of hydrogen-bond donors (Lipinski definition) is 5. The number of esters is 3. The third-order valence-corrected chi connectivity index (χ3v) is 12.6. The van der Waals surface area contributed by atoms with Crippen LogP contribution >= 0.6 is 22.7 Å². The third-order valence-electron chi connectivity index (χ3n) is 10.8. The number of aliphatic hydroxyl groups is 3. The molecule has 2 aliphatic heterocycles. The minimum absolute atomic E-state index is 0.0223. The Hall–Kier alpha value is -6.99. The largest absolute Gasteiger partial charge is 0.459 e. The number of hydrogen-bond acceptors (Lipinski definition) is 21. The molecule has 21 nitrogen and oxygen atoms in total. The first kappa shape index (κ1) is 45.6. The van der Waals surface area contributed by atoms with Crippen LogP contribution in [-0.2, 0) is 23.7 Å². The van der Waals surface area contributed by atoms with E-state index in [4.69, 9.17) is 35.2 Å². The number of carbonyl (C=O) groups is 3. The second-order valence-corrected chi connectivity index (χ2v) is 17.3. The van der Waals surface area contributed by atoms with Gasteiger partial charge in [0.05, 0.1) is 45.1 Å². The number of nitrogen functional groups attached to an aromatic ring is 2. The zero-order valence-electron chi connectivity index (χ0n) is 34.8. The van der Waals surface area contributed by atoms with Gasteiger partial charge in [0.2, 0.25) is 11.9 Å². The SMILES string of the molecule is C[C@@]1(O)[C@H](O)[C@@H](CO)O[C@H]1n1c(=O)sc2cnc(N)nc21.C[C@@]1(OC(=O)c2ccccc2)[C@H](OC(=O)c2ccccc2)[C@@H](COC(=O)c2ccccc2)O[C@H]1n1c(=O)sc2cnc(N)nc21. The Bertz CT molecular complexity index is 3020. The van der Waals surface area contributed by atoms with Gasteiger partial charge in [0, 0.05) is 0 Å². The Morgan fingerprint density at radius 1 is 0.712 bits per heavy atom. The molecule has 0 radical (unpaired) electrons. The van der Waals surface area contributed by atoms with Crippen molar-refractivity contribution in [2.24, 2.45) is 0 Å². The molecule has 8 atom stereocenters. The first-order valence-electron chi connectivity index (χ1n) is 20.0. The standard InChI is InChI=1S/C32H26N4O8S.C11H14N4O5S/c1-32(44-28(39)21-15-9-4-10-16-21)24(43-27(38)20-13-7-3-8-14-20)22(18-41-26(37)19-11-5-2-6-12-19)42-29(32)36-25-23(45-31(36)40)17-34-30(33)35-25;1-11(19)6(17)4(3-16)20-8(11)15-7-5(21-10(15)18)2-13-9(12)14-7/h2-17,22,24,29H,18H2,1H3,(H2,33,34,35);2,4,6,8,16-17,19H,3H2,1H3,(H2,12,13,14)/t22-,24-,29-,32-;4-,6-,8-,11-/m11/s1. The van der Waals surface area contributed by atoms with Gasteiger partial charge in [0.1, 0.15) is 30.5 Å². The fourth-order valence-corrected chi connectivity index (χ4v) is 9.13. The molecule has 6 heterocycles. The number of fused-ring (bicyclic) bond motifs is 2. The fraction of sp³-hybridized carbons (Fsp3) is 0.279. The zero-order valence-corrected chi connectivity index (χ0v) is 36.4. The second kappa shape index (κ2) is 18.5. The van der Waals surface area contributed by atoms with Crippen molar-refractivity contribution in [2.45, 2.75) is 61.9 Å². The highest BCUT2D eigenvalue weighted by atomic mass is 32.1. The van der Waals surface area contributed by atoms with E-state index in [0.717, 1.165) is 27.2 Å². The summed E-state index contributed by atoms with van der Waals surface area (Å²) in [7, 11) is 0. The molecule has 9 rings (SSSR count). The summed E-state index contributed by atoms with van der Waals surface area (Å²) in [4.78, 5) is 80.5. The first-order chi connectivity index (χ1) is 31.6. The topological polar surface area (TPSA) is 306 Å². The molecule has 0 bridgehead atoms. The molecule has 0 aliphatic carbocycles. The summed E-state index contributed by atoms with van der Waals surface area (Å²) in [6.07, 6.45) is -4.66. The van der Waals surface area contributed by atoms with Crippen molar-refractivity contribution in [3.05, 3.63) is 139 Å².